The van der Waals surface area contributed by atoms with Crippen LogP contribution in [0.4, 0.5) is 0 Å². The molecule has 0 unspecified atom stereocenters. The molecule has 0 saturated heterocycles. The number of methoxy groups -OCH3 is 1. The minimum absolute atomic E-state index is 0.125. The molecule has 0 aromatic heterocycles. The Hall–Kier alpha value is -1.06. The van der Waals surface area contributed by atoms with Gasteiger partial charge in [-0.25, -0.2) is 0 Å². The van der Waals surface area contributed by atoms with Crippen LogP contribution < -0.4 is 5.73 Å². The predicted octanol–water partition coefficient (Wildman–Crippen LogP) is 1.87. The van der Waals surface area contributed by atoms with Gasteiger partial charge < -0.3 is 10.5 Å². The third-order valence-electron chi connectivity index (χ3n) is 1.58. The average molecular weight is 217 g/mol. The molecule has 0 saturated carbocycles. The van der Waals surface area contributed by atoms with E-state index >= 15 is 0 Å². The molecule has 15 heavy (non-hydrogen) atoms. The number of nitrogens with two attached hydrogens (primary N) is 1. The first kappa shape index (κ1) is 16.4. The second kappa shape index (κ2) is 11.0. The molecule has 0 aromatic carbocycles. The molecular weight excluding hydrogens is 194 g/mol. The molecule has 4 heteroatoms. The number of amides is 1. The van der Waals surface area contributed by atoms with Crippen molar-refractivity contribution >= 4 is 11.9 Å². The van der Waals surface area contributed by atoms with E-state index in [2.05, 4.69) is 4.74 Å². The molecule has 90 valence electrons. The Labute approximate surface area is 92.2 Å². The maximum Gasteiger partial charge on any atom is 0.305 e. The summed E-state index contributed by atoms with van der Waals surface area (Å²) in [5, 5.41) is 0. The second-order valence-electron chi connectivity index (χ2n) is 3.74. The predicted molar refractivity (Wildman–Crippen MR) is 60.2 cm³/mol. The van der Waals surface area contributed by atoms with E-state index in [9.17, 15) is 9.59 Å². The van der Waals surface area contributed by atoms with Crippen LogP contribution in [0, 0.1) is 5.92 Å². The van der Waals surface area contributed by atoms with Crippen molar-refractivity contribution in [3.05, 3.63) is 0 Å². The van der Waals surface area contributed by atoms with Gasteiger partial charge in [0.15, 0.2) is 0 Å². The van der Waals surface area contributed by atoms with Gasteiger partial charge in [-0.3, -0.25) is 9.59 Å². The van der Waals surface area contributed by atoms with Crippen molar-refractivity contribution in [1.29, 1.82) is 0 Å². The first-order chi connectivity index (χ1) is 6.93. The monoisotopic (exact) mass is 217 g/mol. The molecule has 0 heterocycles. The highest BCUT2D eigenvalue weighted by atomic mass is 16.5. The number of hydrogen-bond donors (Lipinski definition) is 1. The maximum atomic E-state index is 10.4. The summed E-state index contributed by atoms with van der Waals surface area (Å²) in [6.07, 6.45) is 3.03. The van der Waals surface area contributed by atoms with Crippen molar-refractivity contribution in [2.75, 3.05) is 7.11 Å². The van der Waals surface area contributed by atoms with Crippen molar-refractivity contribution in [1.82, 2.24) is 0 Å². The minimum Gasteiger partial charge on any atom is -0.469 e. The normalized spacial score (nSPS) is 9.13. The van der Waals surface area contributed by atoms with Crippen LogP contribution in [0.25, 0.3) is 0 Å². The summed E-state index contributed by atoms with van der Waals surface area (Å²) in [5.74, 6) is 0.0873. The van der Waals surface area contributed by atoms with Crippen LogP contribution in [-0.4, -0.2) is 19.0 Å². The van der Waals surface area contributed by atoms with Gasteiger partial charge in [0.05, 0.1) is 7.11 Å². The third kappa shape index (κ3) is 19.4. The Balaban J connectivity index is 0. The highest BCUT2D eigenvalue weighted by Crippen LogP contribution is 1.98. The number of unbranched alkanes of at least 4 members (excludes halogenated alkanes) is 1. The van der Waals surface area contributed by atoms with Gasteiger partial charge in [0, 0.05) is 12.8 Å². The number of rotatable bonds is 5. The van der Waals surface area contributed by atoms with Crippen LogP contribution in [-0.2, 0) is 14.3 Å². The summed E-state index contributed by atoms with van der Waals surface area (Å²) in [5.41, 5.74) is 4.84. The number of esters is 1. The molecule has 0 bridgehead atoms. The molecule has 0 radical (unpaired) electrons. The summed E-state index contributed by atoms with van der Waals surface area (Å²) >= 11 is 0. The first-order valence-electron chi connectivity index (χ1n) is 5.29. The lowest BCUT2D eigenvalue weighted by atomic mass is 10.1. The number of ether oxygens (including phenoxy) is 1. The van der Waals surface area contributed by atoms with Gasteiger partial charge >= 0.3 is 5.97 Å². The number of carbonyl (C=O) groups is 2. The average Bonchev–Trinajstić information content (AvgIpc) is 2.14. The molecule has 0 aromatic rings. The Morgan fingerprint density at radius 1 is 1.33 bits per heavy atom. The summed E-state index contributed by atoms with van der Waals surface area (Å²) in [4.78, 5) is 20.4. The van der Waals surface area contributed by atoms with Crippen LogP contribution in [0.3, 0.4) is 0 Å². The van der Waals surface area contributed by atoms with E-state index in [1.807, 2.05) is 20.8 Å². The molecular formula is C11H23NO3. The van der Waals surface area contributed by atoms with Gasteiger partial charge in [-0.15, -0.1) is 0 Å². The van der Waals surface area contributed by atoms with Gasteiger partial charge in [0.2, 0.25) is 5.91 Å². The maximum absolute atomic E-state index is 10.4. The van der Waals surface area contributed by atoms with E-state index in [-0.39, 0.29) is 11.9 Å². The van der Waals surface area contributed by atoms with Crippen LogP contribution in [0.1, 0.15) is 46.5 Å². The Kier molecular flexibility index (Phi) is 12.0. The quantitative estimate of drug-likeness (QED) is 0.715. The fraction of sp³-hybridized carbons (Fsp3) is 0.818. The van der Waals surface area contributed by atoms with Gasteiger partial charge in [0.25, 0.3) is 0 Å². The molecule has 0 aliphatic carbocycles. The lowest BCUT2D eigenvalue weighted by molar-refractivity contribution is -0.141. The zero-order valence-corrected chi connectivity index (χ0v) is 10.2. The van der Waals surface area contributed by atoms with E-state index in [0.29, 0.717) is 18.8 Å². The van der Waals surface area contributed by atoms with E-state index in [1.165, 1.54) is 7.11 Å². The molecule has 0 spiro atoms. The lowest BCUT2D eigenvalue weighted by Crippen LogP contribution is -2.09. The second-order valence-corrected chi connectivity index (χ2v) is 3.74. The molecule has 0 fully saturated rings. The molecule has 4 nitrogen and oxygen atoms in total. The number of hydrogen-bond acceptors (Lipinski definition) is 3. The van der Waals surface area contributed by atoms with Crippen LogP contribution in [0.2, 0.25) is 0 Å². The first-order valence-corrected chi connectivity index (χ1v) is 5.29. The van der Waals surface area contributed by atoms with Crippen LogP contribution >= 0.6 is 0 Å². The van der Waals surface area contributed by atoms with Gasteiger partial charge in [-0.05, 0) is 12.3 Å². The topological polar surface area (TPSA) is 69.4 Å². The Morgan fingerprint density at radius 3 is 2.00 bits per heavy atom. The highest BCUT2D eigenvalue weighted by molar-refractivity contribution is 5.73. The van der Waals surface area contributed by atoms with E-state index < -0.39 is 0 Å². The van der Waals surface area contributed by atoms with E-state index in [1.54, 1.807) is 0 Å². The van der Waals surface area contributed by atoms with Crippen LogP contribution in [0.15, 0.2) is 0 Å². The van der Waals surface area contributed by atoms with Crippen LogP contribution in [0.5, 0.6) is 0 Å². The van der Waals surface area contributed by atoms with Crippen molar-refractivity contribution in [2.24, 2.45) is 11.7 Å². The summed E-state index contributed by atoms with van der Waals surface area (Å²) in [6.45, 7) is 6.00. The fourth-order valence-corrected chi connectivity index (χ4v) is 0.768. The Morgan fingerprint density at radius 2 is 1.87 bits per heavy atom. The van der Waals surface area contributed by atoms with Gasteiger partial charge in [-0.1, -0.05) is 27.2 Å². The summed E-state index contributed by atoms with van der Waals surface area (Å²) in [7, 11) is 1.41. The molecule has 0 rings (SSSR count). The SMILES string of the molecule is CCCCC(N)=O.COC(=O)CC(C)C. The number of primary amides is 1. The molecule has 0 aliphatic heterocycles. The van der Waals surface area contributed by atoms with E-state index in [4.69, 9.17) is 5.73 Å². The fourth-order valence-electron chi connectivity index (χ4n) is 0.768. The molecule has 1 amide bonds. The third-order valence-corrected chi connectivity index (χ3v) is 1.58. The lowest BCUT2D eigenvalue weighted by Gasteiger charge is -1.99. The van der Waals surface area contributed by atoms with Crippen molar-refractivity contribution in [3.8, 4) is 0 Å². The Bertz CT molecular complexity index is 179. The van der Waals surface area contributed by atoms with Crippen molar-refractivity contribution in [3.63, 3.8) is 0 Å². The molecule has 0 aliphatic rings. The summed E-state index contributed by atoms with van der Waals surface area (Å²) in [6, 6.07) is 0. The number of carbonyl (C=O) groups excluding carboxylic acids is 2. The van der Waals surface area contributed by atoms with E-state index in [0.717, 1.165) is 12.8 Å². The van der Waals surface area contributed by atoms with Gasteiger partial charge in [-0.2, -0.15) is 0 Å². The van der Waals surface area contributed by atoms with Gasteiger partial charge in [0.1, 0.15) is 0 Å². The standard InChI is InChI=1S/C6H12O2.C5H11NO/c1-5(2)4-6(7)8-3;1-2-3-4-5(6)7/h5H,4H2,1-3H3;2-4H2,1H3,(H2,6,7). The van der Waals surface area contributed by atoms with Crippen molar-refractivity contribution < 1.29 is 14.3 Å². The van der Waals surface area contributed by atoms with Crippen molar-refractivity contribution in [2.45, 2.75) is 46.5 Å². The molecule has 2 N–H and O–H groups in total. The smallest absolute Gasteiger partial charge is 0.305 e. The summed E-state index contributed by atoms with van der Waals surface area (Å²) < 4.78 is 4.42. The minimum atomic E-state index is -0.193. The molecule has 0 atom stereocenters. The largest absolute Gasteiger partial charge is 0.469 e. The highest BCUT2D eigenvalue weighted by Gasteiger charge is 2.01. The zero-order chi connectivity index (χ0) is 12.3. The zero-order valence-electron chi connectivity index (χ0n) is 10.2.